The van der Waals surface area contributed by atoms with Gasteiger partial charge >= 0.3 is 6.09 Å². The number of ether oxygens (including phenoxy) is 1. The molecule has 0 N–H and O–H groups in total. The molecule has 3 amide bonds. The summed E-state index contributed by atoms with van der Waals surface area (Å²) in [7, 11) is 0. The van der Waals surface area contributed by atoms with Crippen molar-refractivity contribution >= 4 is 39.5 Å². The van der Waals surface area contributed by atoms with Crippen molar-refractivity contribution in [2.24, 2.45) is 11.8 Å². The average Bonchev–Trinajstić information content (AvgIpc) is 3.43. The van der Waals surface area contributed by atoms with Gasteiger partial charge in [0, 0.05) is 28.3 Å². The minimum atomic E-state index is -1.06. The van der Waals surface area contributed by atoms with E-state index in [2.05, 4.69) is 27.8 Å². The highest BCUT2D eigenvalue weighted by atomic mass is 79.9. The Kier molecular flexibility index (Phi) is 4.30. The second-order valence-corrected chi connectivity index (χ2v) is 9.24. The number of imide groups is 1. The maximum Gasteiger partial charge on any atom is 0.416 e. The molecule has 4 aliphatic heterocycles. The Morgan fingerprint density at radius 2 is 2.10 bits per heavy atom. The van der Waals surface area contributed by atoms with Gasteiger partial charge in [-0.1, -0.05) is 22.9 Å². The van der Waals surface area contributed by atoms with Crippen molar-refractivity contribution in [3.05, 3.63) is 28.2 Å². The van der Waals surface area contributed by atoms with E-state index in [1.807, 2.05) is 25.1 Å². The number of carbonyl (C=O) groups is 3. The molecular weight excluding hydrogens is 438 g/mol. The Labute approximate surface area is 178 Å². The third-order valence-electron chi connectivity index (χ3n) is 7.18. The molecule has 4 heterocycles. The number of nitrogens with zero attached hydrogens (tertiary/aromatic N) is 3. The van der Waals surface area contributed by atoms with E-state index in [9.17, 15) is 14.4 Å². The zero-order chi connectivity index (χ0) is 20.5. The summed E-state index contributed by atoms with van der Waals surface area (Å²) in [4.78, 5) is 45.2. The number of benzene rings is 1. The number of rotatable bonds is 2. The number of likely N-dealkylation sites (N-methyl/N-ethyl adjacent to an activating group) is 1. The smallest absolute Gasteiger partial charge is 0.416 e. The molecule has 4 atom stereocenters. The van der Waals surface area contributed by atoms with Crippen LogP contribution in [0, 0.1) is 11.8 Å². The third-order valence-corrected chi connectivity index (χ3v) is 7.67. The van der Waals surface area contributed by atoms with E-state index in [0.717, 1.165) is 35.1 Å². The van der Waals surface area contributed by atoms with E-state index in [4.69, 9.17) is 4.74 Å². The number of amides is 3. The molecule has 5 rings (SSSR count). The number of hydrogen-bond acceptors (Lipinski definition) is 5. The predicted molar refractivity (Wildman–Crippen MR) is 109 cm³/mol. The lowest BCUT2D eigenvalue weighted by Crippen LogP contribution is -2.57. The predicted octanol–water partition coefficient (Wildman–Crippen LogP) is 2.72. The first-order chi connectivity index (χ1) is 13.9. The highest BCUT2D eigenvalue weighted by Crippen LogP contribution is 2.59. The Hall–Kier alpha value is -1.93. The van der Waals surface area contributed by atoms with Crippen LogP contribution in [0.25, 0.3) is 0 Å². The van der Waals surface area contributed by atoms with Crippen molar-refractivity contribution in [2.75, 3.05) is 31.1 Å². The molecule has 0 bridgehead atoms. The lowest BCUT2D eigenvalue weighted by Gasteiger charge is -2.38. The quantitative estimate of drug-likeness (QED) is 0.676. The molecular formula is C21H24BrN3O4. The van der Waals surface area contributed by atoms with Crippen molar-refractivity contribution in [2.45, 2.75) is 38.3 Å². The monoisotopic (exact) mass is 461 g/mol. The van der Waals surface area contributed by atoms with Gasteiger partial charge in [-0.3, -0.25) is 14.5 Å². The van der Waals surface area contributed by atoms with Gasteiger partial charge < -0.3 is 9.64 Å². The molecule has 4 aliphatic rings. The highest BCUT2D eigenvalue weighted by Gasteiger charge is 2.70. The topological polar surface area (TPSA) is 70.2 Å². The van der Waals surface area contributed by atoms with Crippen LogP contribution in [0.1, 0.15) is 32.3 Å². The minimum Gasteiger partial charge on any atom is -0.447 e. The van der Waals surface area contributed by atoms with Gasteiger partial charge in [-0.05, 0) is 50.4 Å². The second kappa shape index (κ2) is 6.54. The summed E-state index contributed by atoms with van der Waals surface area (Å²) in [6, 6.07) is 6.02. The maximum absolute atomic E-state index is 14.0. The van der Waals surface area contributed by atoms with Crippen molar-refractivity contribution < 1.29 is 19.1 Å². The molecule has 0 radical (unpaired) electrons. The van der Waals surface area contributed by atoms with E-state index in [0.29, 0.717) is 6.54 Å². The number of cyclic esters (lactones) is 1. The first-order valence-electron chi connectivity index (χ1n) is 10.3. The lowest BCUT2D eigenvalue weighted by atomic mass is 9.74. The highest BCUT2D eigenvalue weighted by molar-refractivity contribution is 9.10. The van der Waals surface area contributed by atoms with Gasteiger partial charge in [0.25, 0.3) is 5.91 Å². The summed E-state index contributed by atoms with van der Waals surface area (Å²) in [5, 5.41) is 0. The van der Waals surface area contributed by atoms with Crippen LogP contribution in [0.5, 0.6) is 0 Å². The summed E-state index contributed by atoms with van der Waals surface area (Å²) in [5.74, 6) is -0.983. The van der Waals surface area contributed by atoms with Gasteiger partial charge in [0.2, 0.25) is 5.91 Å². The fourth-order valence-corrected chi connectivity index (χ4v) is 6.46. The zero-order valence-electron chi connectivity index (χ0n) is 16.6. The van der Waals surface area contributed by atoms with Crippen molar-refractivity contribution in [1.82, 2.24) is 9.80 Å². The van der Waals surface area contributed by atoms with Crippen LogP contribution < -0.4 is 4.90 Å². The molecule has 0 saturated carbocycles. The molecule has 154 valence electrons. The van der Waals surface area contributed by atoms with Gasteiger partial charge in [0.15, 0.2) is 0 Å². The van der Waals surface area contributed by atoms with E-state index >= 15 is 0 Å². The van der Waals surface area contributed by atoms with Crippen LogP contribution in [0.15, 0.2) is 22.7 Å². The minimum absolute atomic E-state index is 0.0361. The summed E-state index contributed by atoms with van der Waals surface area (Å²) < 4.78 is 5.91. The van der Waals surface area contributed by atoms with Crippen LogP contribution >= 0.6 is 15.9 Å². The first kappa shape index (κ1) is 19.1. The van der Waals surface area contributed by atoms with Crippen molar-refractivity contribution in [1.29, 1.82) is 0 Å². The SMILES string of the molecule is CCN1C(=O)[C@]2(c3cc(Br)ccc31)[C@@H](C(=O)N1CCOC1=O)[C@H](C)[C@H]1CCCN12. The van der Waals surface area contributed by atoms with E-state index in [1.165, 1.54) is 4.90 Å². The third kappa shape index (κ3) is 2.30. The molecule has 3 fully saturated rings. The average molecular weight is 462 g/mol. The Balaban J connectivity index is 1.73. The number of fused-ring (bicyclic) bond motifs is 4. The second-order valence-electron chi connectivity index (χ2n) is 8.32. The van der Waals surface area contributed by atoms with Gasteiger partial charge in [-0.25, -0.2) is 9.69 Å². The number of halogens is 1. The van der Waals surface area contributed by atoms with Crippen LogP contribution in [0.4, 0.5) is 10.5 Å². The fourth-order valence-electron chi connectivity index (χ4n) is 6.09. The molecule has 0 aliphatic carbocycles. The van der Waals surface area contributed by atoms with Crippen LogP contribution in [-0.2, 0) is 19.9 Å². The normalized spacial score (nSPS) is 33.6. The van der Waals surface area contributed by atoms with Crippen LogP contribution in [0.3, 0.4) is 0 Å². The summed E-state index contributed by atoms with van der Waals surface area (Å²) in [6.07, 6.45) is 1.36. The molecule has 3 saturated heterocycles. The van der Waals surface area contributed by atoms with Gasteiger partial charge in [0.05, 0.1) is 12.5 Å². The molecule has 0 aromatic heterocycles. The van der Waals surface area contributed by atoms with Crippen molar-refractivity contribution in [3.8, 4) is 0 Å². The Bertz CT molecular complexity index is 921. The first-order valence-corrected chi connectivity index (χ1v) is 11.1. The van der Waals surface area contributed by atoms with E-state index in [-0.39, 0.29) is 36.9 Å². The van der Waals surface area contributed by atoms with Gasteiger partial charge in [-0.15, -0.1) is 0 Å². The van der Waals surface area contributed by atoms with Gasteiger partial charge in [-0.2, -0.15) is 0 Å². The number of hydrogen-bond donors (Lipinski definition) is 0. The summed E-state index contributed by atoms with van der Waals surface area (Å²) in [5.41, 5.74) is 0.679. The van der Waals surface area contributed by atoms with Crippen LogP contribution in [0.2, 0.25) is 0 Å². The molecule has 1 spiro atoms. The van der Waals surface area contributed by atoms with Gasteiger partial charge in [0.1, 0.15) is 12.1 Å². The number of anilines is 1. The maximum atomic E-state index is 14.0. The van der Waals surface area contributed by atoms with E-state index in [1.54, 1.807) is 4.90 Å². The van der Waals surface area contributed by atoms with E-state index < -0.39 is 17.6 Å². The van der Waals surface area contributed by atoms with Crippen LogP contribution in [-0.4, -0.2) is 60.0 Å². The molecule has 1 aromatic rings. The largest absolute Gasteiger partial charge is 0.447 e. The molecule has 7 nitrogen and oxygen atoms in total. The molecule has 1 aromatic carbocycles. The summed E-state index contributed by atoms with van der Waals surface area (Å²) >= 11 is 3.56. The lowest BCUT2D eigenvalue weighted by molar-refractivity contribution is -0.143. The Morgan fingerprint density at radius 1 is 1.31 bits per heavy atom. The van der Waals surface area contributed by atoms with Crippen molar-refractivity contribution in [3.63, 3.8) is 0 Å². The summed E-state index contributed by atoms with van der Waals surface area (Å²) in [6.45, 7) is 5.79. The molecule has 29 heavy (non-hydrogen) atoms. The fraction of sp³-hybridized carbons (Fsp3) is 0.571. The zero-order valence-corrected chi connectivity index (χ0v) is 18.1. The number of carbonyl (C=O) groups excluding carboxylic acids is 3. The molecule has 0 unspecified atom stereocenters. The standard InChI is InChI=1S/C21H24BrN3O4/c1-3-23-16-7-6-13(22)11-14(16)21(19(23)27)17(12(2)15-5-4-8-25(15)21)18(26)24-9-10-29-20(24)28/h6-7,11-12,15,17H,3-5,8-10H2,1-2H3/t12-,15-,17-,21+/m1/s1. The molecule has 8 heteroatoms. The Morgan fingerprint density at radius 3 is 2.79 bits per heavy atom.